The van der Waals surface area contributed by atoms with Gasteiger partial charge in [0.15, 0.2) is 0 Å². The molecule has 0 fully saturated rings. The van der Waals surface area contributed by atoms with Crippen molar-refractivity contribution >= 4 is 5.97 Å². The Morgan fingerprint density at radius 2 is 2.12 bits per heavy atom. The van der Waals surface area contributed by atoms with E-state index in [1.807, 2.05) is 0 Å². The van der Waals surface area contributed by atoms with Crippen LogP contribution in [0, 0.1) is 0 Å². The largest absolute Gasteiger partial charge is 0.481 e. The van der Waals surface area contributed by atoms with E-state index in [9.17, 15) is 13.6 Å². The lowest BCUT2D eigenvalue weighted by molar-refractivity contribution is -0.136. The summed E-state index contributed by atoms with van der Waals surface area (Å²) >= 11 is 0. The summed E-state index contributed by atoms with van der Waals surface area (Å²) in [6.07, 6.45) is -3.41. The fraction of sp³-hybridized carbons (Fsp3) is 0.400. The Morgan fingerprint density at radius 3 is 2.53 bits per heavy atom. The third-order valence-corrected chi connectivity index (χ3v) is 2.06. The van der Waals surface area contributed by atoms with Gasteiger partial charge in [0.1, 0.15) is 0 Å². The molecule has 0 saturated heterocycles. The molecule has 1 rings (SSSR count). The highest BCUT2D eigenvalue weighted by molar-refractivity contribution is 5.72. The van der Waals surface area contributed by atoms with Gasteiger partial charge < -0.3 is 14.6 Å². The fourth-order valence-corrected chi connectivity index (χ4v) is 1.34. The second kappa shape index (κ2) is 5.42. The summed E-state index contributed by atoms with van der Waals surface area (Å²) in [6.45, 7) is 0. The summed E-state index contributed by atoms with van der Waals surface area (Å²) in [6, 6.07) is 1.01. The summed E-state index contributed by atoms with van der Waals surface area (Å²) in [5.74, 6) is -1.45. The SMILES string of the molecule is COc1cc(C(F)F)c(CC(=O)O)c(OC)n1. The molecular formula is C10H11F2NO4. The van der Waals surface area contributed by atoms with Crippen LogP contribution in [0.15, 0.2) is 6.07 Å². The van der Waals surface area contributed by atoms with E-state index in [1.54, 1.807) is 0 Å². The Morgan fingerprint density at radius 1 is 1.47 bits per heavy atom. The van der Waals surface area contributed by atoms with E-state index < -0.39 is 24.4 Å². The van der Waals surface area contributed by atoms with Crippen LogP contribution < -0.4 is 9.47 Å². The van der Waals surface area contributed by atoms with E-state index in [0.29, 0.717) is 0 Å². The van der Waals surface area contributed by atoms with Gasteiger partial charge in [0.05, 0.1) is 20.6 Å². The van der Waals surface area contributed by atoms with Gasteiger partial charge in [-0.2, -0.15) is 4.98 Å². The van der Waals surface area contributed by atoms with Crippen LogP contribution in [0.25, 0.3) is 0 Å². The molecule has 0 spiro atoms. The number of methoxy groups -OCH3 is 2. The molecule has 0 aliphatic rings. The van der Waals surface area contributed by atoms with Crippen LogP contribution in [0.1, 0.15) is 17.6 Å². The molecule has 0 aliphatic heterocycles. The molecular weight excluding hydrogens is 236 g/mol. The van der Waals surface area contributed by atoms with E-state index >= 15 is 0 Å². The number of hydrogen-bond donors (Lipinski definition) is 1. The van der Waals surface area contributed by atoms with Crippen molar-refractivity contribution in [2.24, 2.45) is 0 Å². The number of carboxylic acid groups (broad SMARTS) is 1. The number of alkyl halides is 2. The molecule has 5 nitrogen and oxygen atoms in total. The van der Waals surface area contributed by atoms with Gasteiger partial charge in [-0.25, -0.2) is 8.78 Å². The molecule has 0 radical (unpaired) electrons. The topological polar surface area (TPSA) is 68.7 Å². The van der Waals surface area contributed by atoms with Crippen LogP contribution in [-0.4, -0.2) is 30.3 Å². The number of aliphatic carboxylic acids is 1. The molecule has 1 N–H and O–H groups in total. The zero-order valence-electron chi connectivity index (χ0n) is 9.24. The number of carbonyl (C=O) groups is 1. The van der Waals surface area contributed by atoms with Crippen LogP contribution in [-0.2, 0) is 11.2 Å². The Hall–Kier alpha value is -1.92. The molecule has 17 heavy (non-hydrogen) atoms. The zero-order chi connectivity index (χ0) is 13.0. The van der Waals surface area contributed by atoms with Crippen molar-refractivity contribution in [2.75, 3.05) is 14.2 Å². The summed E-state index contributed by atoms with van der Waals surface area (Å²) in [4.78, 5) is 14.4. The number of carboxylic acids is 1. The third kappa shape index (κ3) is 3.02. The number of pyridine rings is 1. The smallest absolute Gasteiger partial charge is 0.308 e. The average Bonchev–Trinajstić information content (AvgIpc) is 2.28. The molecule has 0 saturated carbocycles. The van der Waals surface area contributed by atoms with Crippen molar-refractivity contribution in [2.45, 2.75) is 12.8 Å². The summed E-state index contributed by atoms with van der Waals surface area (Å²) in [7, 11) is 2.50. The van der Waals surface area contributed by atoms with Gasteiger partial charge in [-0.05, 0) is 0 Å². The molecule has 7 heteroatoms. The number of hydrogen-bond acceptors (Lipinski definition) is 4. The monoisotopic (exact) mass is 247 g/mol. The molecule has 0 atom stereocenters. The second-order valence-electron chi connectivity index (χ2n) is 3.11. The highest BCUT2D eigenvalue weighted by atomic mass is 19.3. The minimum Gasteiger partial charge on any atom is -0.481 e. The highest BCUT2D eigenvalue weighted by Gasteiger charge is 2.22. The summed E-state index contributed by atoms with van der Waals surface area (Å²) < 4.78 is 35.1. The van der Waals surface area contributed by atoms with Crippen LogP contribution in [0.4, 0.5) is 8.78 Å². The van der Waals surface area contributed by atoms with Crippen LogP contribution in [0.3, 0.4) is 0 Å². The number of aromatic nitrogens is 1. The van der Waals surface area contributed by atoms with E-state index in [1.165, 1.54) is 14.2 Å². The Balaban J connectivity index is 3.35. The van der Waals surface area contributed by atoms with Crippen LogP contribution in [0.2, 0.25) is 0 Å². The highest BCUT2D eigenvalue weighted by Crippen LogP contribution is 2.32. The van der Waals surface area contributed by atoms with Gasteiger partial charge in [-0.3, -0.25) is 4.79 Å². The molecule has 0 amide bonds. The first-order valence-electron chi connectivity index (χ1n) is 4.61. The van der Waals surface area contributed by atoms with E-state index in [0.717, 1.165) is 6.07 Å². The van der Waals surface area contributed by atoms with Crippen molar-refractivity contribution in [1.82, 2.24) is 4.98 Å². The predicted octanol–water partition coefficient (Wildman–Crippen LogP) is 1.66. The van der Waals surface area contributed by atoms with Crippen molar-refractivity contribution in [3.8, 4) is 11.8 Å². The van der Waals surface area contributed by atoms with Crippen molar-refractivity contribution in [3.05, 3.63) is 17.2 Å². The van der Waals surface area contributed by atoms with E-state index in [4.69, 9.17) is 14.6 Å². The van der Waals surface area contributed by atoms with Gasteiger partial charge in [-0.1, -0.05) is 0 Å². The fourth-order valence-electron chi connectivity index (χ4n) is 1.34. The molecule has 0 unspecified atom stereocenters. The van der Waals surface area contributed by atoms with E-state index in [2.05, 4.69) is 4.98 Å². The number of nitrogens with zero attached hydrogens (tertiary/aromatic N) is 1. The maximum Gasteiger partial charge on any atom is 0.308 e. The molecule has 0 aromatic carbocycles. The van der Waals surface area contributed by atoms with Gasteiger partial charge in [0.2, 0.25) is 11.8 Å². The normalized spacial score (nSPS) is 10.4. The minimum atomic E-state index is -2.82. The van der Waals surface area contributed by atoms with E-state index in [-0.39, 0.29) is 17.3 Å². The van der Waals surface area contributed by atoms with Crippen molar-refractivity contribution in [1.29, 1.82) is 0 Å². The predicted molar refractivity (Wildman–Crippen MR) is 53.6 cm³/mol. The lowest BCUT2D eigenvalue weighted by atomic mass is 10.1. The maximum absolute atomic E-state index is 12.8. The number of rotatable bonds is 5. The average molecular weight is 247 g/mol. The molecule has 1 heterocycles. The zero-order valence-corrected chi connectivity index (χ0v) is 9.24. The first-order valence-corrected chi connectivity index (χ1v) is 4.61. The Labute approximate surface area is 96.0 Å². The first kappa shape index (κ1) is 13.1. The van der Waals surface area contributed by atoms with Gasteiger partial charge >= 0.3 is 5.97 Å². The molecule has 1 aromatic rings. The summed E-state index contributed by atoms with van der Waals surface area (Å²) in [5, 5.41) is 8.66. The Kier molecular flexibility index (Phi) is 4.19. The molecule has 0 bridgehead atoms. The third-order valence-electron chi connectivity index (χ3n) is 2.06. The molecule has 0 aliphatic carbocycles. The minimum absolute atomic E-state index is 0.0497. The quantitative estimate of drug-likeness (QED) is 0.857. The van der Waals surface area contributed by atoms with Crippen molar-refractivity contribution in [3.63, 3.8) is 0 Å². The Bertz CT molecular complexity index is 423. The van der Waals surface area contributed by atoms with Gasteiger partial charge in [0.25, 0.3) is 6.43 Å². The second-order valence-corrected chi connectivity index (χ2v) is 3.11. The lowest BCUT2D eigenvalue weighted by Crippen LogP contribution is -2.08. The van der Waals surface area contributed by atoms with Gasteiger partial charge in [0, 0.05) is 17.2 Å². The number of halogens is 2. The van der Waals surface area contributed by atoms with Crippen molar-refractivity contribution < 1.29 is 28.2 Å². The maximum atomic E-state index is 12.8. The van der Waals surface area contributed by atoms with Gasteiger partial charge in [-0.15, -0.1) is 0 Å². The van der Waals surface area contributed by atoms with Crippen LogP contribution in [0.5, 0.6) is 11.8 Å². The molecule has 94 valence electrons. The number of ether oxygens (including phenoxy) is 2. The summed E-state index contributed by atoms with van der Waals surface area (Å²) in [5.41, 5.74) is -0.591. The van der Waals surface area contributed by atoms with Crippen LogP contribution >= 0.6 is 0 Å². The first-order chi connectivity index (χ1) is 7.99. The standard InChI is InChI=1S/C10H11F2NO4/c1-16-7-3-5(9(11)12)6(4-8(14)15)10(13-7)17-2/h3,9H,4H2,1-2H3,(H,14,15). The molecule has 1 aromatic heterocycles. The lowest BCUT2D eigenvalue weighted by Gasteiger charge is -2.12.